The molecule has 12 heterocycles. The first kappa shape index (κ1) is 95.3. The van der Waals surface area contributed by atoms with E-state index in [0.717, 1.165) is 241 Å². The number of anilines is 4. The minimum absolute atomic E-state index is 0.129. The van der Waals surface area contributed by atoms with Crippen molar-refractivity contribution in [2.75, 3.05) is 186 Å². The molecule has 656 valence electrons. The number of carbonyl (C=O) groups excluding carboxylic acids is 2. The smallest absolute Gasteiger partial charge is 0.307 e. The Balaban J connectivity index is 0.000000156. The number of morpholine rings is 2. The van der Waals surface area contributed by atoms with Gasteiger partial charge in [0.1, 0.15) is 45.8 Å². The number of nitrogens with one attached hydrogen (secondary N) is 3. The number of esters is 1. The number of rotatable bonds is 15. The molecule has 0 bridgehead atoms. The van der Waals surface area contributed by atoms with Crippen LogP contribution in [0, 0.1) is 0 Å². The minimum atomic E-state index is -1.71. The summed E-state index contributed by atoms with van der Waals surface area (Å²) >= 11 is 9.87. The van der Waals surface area contributed by atoms with Crippen LogP contribution in [0.3, 0.4) is 0 Å². The Kier molecular flexibility index (Phi) is 37.9. The molecule has 0 spiro atoms. The number of thiazole rings is 2. The first-order valence-electron chi connectivity index (χ1n) is 41.2. The molecule has 0 amide bonds. The zero-order chi connectivity index (χ0) is 87.5. The van der Waals surface area contributed by atoms with Crippen molar-refractivity contribution in [2.45, 2.75) is 70.6 Å². The van der Waals surface area contributed by atoms with Crippen LogP contribution in [0.2, 0.25) is 18.1 Å². The topological polar surface area (TPSA) is 291 Å². The van der Waals surface area contributed by atoms with Crippen LogP contribution >= 0.6 is 54.5 Å². The summed E-state index contributed by atoms with van der Waals surface area (Å²) in [6.45, 7) is 33.0. The quantitative estimate of drug-likeness (QED) is 0.0276. The highest BCUT2D eigenvalue weighted by Gasteiger charge is 2.40. The molecule has 1 unspecified atom stereocenters. The van der Waals surface area contributed by atoms with Crippen LogP contribution in [0.15, 0.2) is 191 Å². The van der Waals surface area contributed by atoms with Crippen LogP contribution in [-0.4, -0.2) is 237 Å². The molecule has 27 nitrogen and oxygen atoms in total. The Bertz CT molecular complexity index is 5290. The van der Waals surface area contributed by atoms with E-state index < -0.39 is 8.32 Å². The summed E-state index contributed by atoms with van der Waals surface area (Å²) in [6, 6.07) is 40.3. The fraction of sp³-hybridized carbons (Fsp3) is 0.396. The molecule has 12 aromatic rings. The lowest BCUT2D eigenvalue weighted by molar-refractivity contribution is -0.142. The van der Waals surface area contributed by atoms with Crippen LogP contribution in [-0.2, 0) is 28.2 Å². The van der Waals surface area contributed by atoms with E-state index in [2.05, 4.69) is 172 Å². The Morgan fingerprint density at radius 3 is 1.55 bits per heavy atom. The number of halogens is 2. The van der Waals surface area contributed by atoms with Crippen LogP contribution in [0.25, 0.3) is 54.5 Å². The number of benzene rings is 5. The highest BCUT2D eigenvalue weighted by atomic mass is 79.9. The van der Waals surface area contributed by atoms with Gasteiger partial charge in [0.15, 0.2) is 16.5 Å². The van der Waals surface area contributed by atoms with E-state index in [0.29, 0.717) is 16.1 Å². The number of aromatic nitrogens is 7. The second-order valence-electron chi connectivity index (χ2n) is 30.4. The lowest BCUT2D eigenvalue weighted by atomic mass is 10.1. The molecule has 5 aromatic carbocycles. The van der Waals surface area contributed by atoms with Crippen molar-refractivity contribution in [3.8, 4) is 28.7 Å². The SMILES string of the molecule is C1CNCCNC1.C=C(OC)O[Si](C)(C)C(C)(C)C.COC(=O)CC(c1csc(N2CCOCC2)n1)N1CCCN(c2c(OC)ccc3cccnc23)CC1.COc1ccc2cccnc2c1Br.COc1ccc2cccnc2c1N1CCCNCC1.O=Cc1csc(N2CCOCC2)n1.Oc1ccc2cccnc2c1.Oc1ccc2cccnc2c1Br. The lowest BCUT2D eigenvalue weighted by Crippen LogP contribution is -2.40. The van der Waals surface area contributed by atoms with Crippen molar-refractivity contribution in [3.63, 3.8) is 0 Å². The number of phenolic OH excluding ortho intramolecular Hbond substituents is 2. The van der Waals surface area contributed by atoms with Gasteiger partial charge in [0.05, 0.1) is 117 Å². The van der Waals surface area contributed by atoms with Gasteiger partial charge in [-0.05, 0) is 186 Å². The number of phenols is 2. The van der Waals surface area contributed by atoms with Crippen LogP contribution in [0.5, 0.6) is 28.7 Å². The maximum atomic E-state index is 12.4. The third-order valence-electron chi connectivity index (χ3n) is 21.2. The average molecular weight is 1860 g/mol. The van der Waals surface area contributed by atoms with Crippen LogP contribution in [0.1, 0.15) is 68.7 Å². The van der Waals surface area contributed by atoms with Gasteiger partial charge in [0.25, 0.3) is 14.3 Å². The van der Waals surface area contributed by atoms with E-state index in [1.54, 1.807) is 81.9 Å². The zero-order valence-corrected chi connectivity index (χ0v) is 77.7. The standard InChI is InChI=1S/C26H33N5O4S.C15H19N3O.C10H8BrNO.C9H6BrNO.C9H7NO.C9H20O2Si.C8H10N2O2S.C5H12N2/c1-33-22-7-6-19-5-3-8-27-24(19)25(22)30-10-4-9-29(11-12-30)21(17-23(32)34-2)20-18-36-26(28-20)31-13-15-35-16-14-31;1-19-13-6-5-12-4-2-8-17-14(12)15(13)18-10-3-7-16-9-11-18;1-13-8-5-4-7-3-2-6-12-10(7)9(8)11;10-8-7(12)4-3-6-2-1-5-11-9(6)8;11-8-4-3-7-2-1-5-10-9(7)6-8;1-8(10-5)11-12(6,7)9(2,3)4;11-5-7-6-13-8(9-7)10-1-3-12-4-2-10;1-2-6-4-5-7-3-1/h3,5-8,18,21H,4,9-17H2,1-2H3;2,4-6,8,16H,3,7,9-11H2,1H3;2-6H,1H3;1-5,12H;1-6,11H;1H2,2-7H3;5-6H,1-4H2;6-7H,1-5H2. The van der Waals surface area contributed by atoms with Crippen molar-refractivity contribution in [1.29, 1.82) is 0 Å². The number of hydrogen-bond acceptors (Lipinski definition) is 29. The number of methoxy groups -OCH3 is 5. The molecular formula is C91H115Br2N15O12S2Si. The zero-order valence-electron chi connectivity index (χ0n) is 71.9. The van der Waals surface area contributed by atoms with Crippen LogP contribution in [0.4, 0.5) is 21.6 Å². The number of nitrogens with zero attached hydrogens (tertiary/aromatic N) is 12. The summed E-state index contributed by atoms with van der Waals surface area (Å²) in [5.41, 5.74) is 8.15. The lowest BCUT2D eigenvalue weighted by Gasteiger charge is -2.36. The summed E-state index contributed by atoms with van der Waals surface area (Å²) in [4.78, 5) is 65.2. The summed E-state index contributed by atoms with van der Waals surface area (Å²) in [5, 5.41) is 39.8. The molecule has 0 aliphatic carbocycles. The van der Waals surface area contributed by atoms with Gasteiger partial charge in [-0.2, -0.15) is 0 Å². The number of aldehydes is 1. The third kappa shape index (κ3) is 27.8. The number of carbonyl (C=O) groups is 2. The Labute approximate surface area is 746 Å². The maximum Gasteiger partial charge on any atom is 0.307 e. The molecule has 32 heteroatoms. The predicted octanol–water partition coefficient (Wildman–Crippen LogP) is 16.5. The predicted molar refractivity (Wildman–Crippen MR) is 505 cm³/mol. The third-order valence-corrected chi connectivity index (χ3v) is 28.9. The largest absolute Gasteiger partial charge is 0.519 e. The highest BCUT2D eigenvalue weighted by molar-refractivity contribution is 9.11. The highest BCUT2D eigenvalue weighted by Crippen LogP contribution is 2.41. The Morgan fingerprint density at radius 2 is 1.01 bits per heavy atom. The van der Waals surface area contributed by atoms with E-state index in [9.17, 15) is 14.7 Å². The summed E-state index contributed by atoms with van der Waals surface area (Å²) < 4.78 is 44.4. The Morgan fingerprint density at radius 1 is 0.528 bits per heavy atom. The van der Waals surface area contributed by atoms with Gasteiger partial charge in [0, 0.05) is 160 Å². The molecule has 5 N–H and O–H groups in total. The number of pyridine rings is 5. The second-order valence-corrected chi connectivity index (χ2v) is 38.4. The van der Waals surface area contributed by atoms with Gasteiger partial charge in [0.2, 0.25) is 0 Å². The van der Waals surface area contributed by atoms with Gasteiger partial charge < -0.3 is 83.3 Å². The van der Waals surface area contributed by atoms with Crippen molar-refractivity contribution in [2.24, 2.45) is 0 Å². The van der Waals surface area contributed by atoms with Crippen molar-refractivity contribution < 1.29 is 57.4 Å². The average Bonchev–Trinajstić information content (AvgIpc) is 1.25. The molecule has 5 saturated heterocycles. The molecule has 7 aromatic heterocycles. The second kappa shape index (κ2) is 48.9. The van der Waals surface area contributed by atoms with E-state index in [1.807, 2.05) is 97.3 Å². The summed E-state index contributed by atoms with van der Waals surface area (Å²) in [5.74, 6) is 3.25. The molecule has 123 heavy (non-hydrogen) atoms. The number of aromatic hydroxyl groups is 2. The van der Waals surface area contributed by atoms with Crippen molar-refractivity contribution in [1.82, 2.24) is 55.7 Å². The molecule has 1 atom stereocenters. The molecule has 5 aliphatic rings. The number of hydrogen-bond donors (Lipinski definition) is 5. The van der Waals surface area contributed by atoms with Gasteiger partial charge in [-0.25, -0.2) is 9.97 Å². The summed E-state index contributed by atoms with van der Waals surface area (Å²) in [6.07, 6.45) is 13.3. The molecular weight excluding hydrogens is 1750 g/mol. The molecule has 17 rings (SSSR count). The molecule has 5 aliphatic heterocycles. The first-order chi connectivity index (χ1) is 59.6. The fourth-order valence-corrected chi connectivity index (χ4v) is 17.4. The van der Waals surface area contributed by atoms with Gasteiger partial charge in [-0.15, -0.1) is 22.7 Å². The maximum absolute atomic E-state index is 12.4. The molecule has 0 saturated carbocycles. The first-order valence-corrected chi connectivity index (χ1v) is 47.4. The van der Waals surface area contributed by atoms with Crippen LogP contribution < -0.4 is 49.8 Å². The van der Waals surface area contributed by atoms with E-state index in [-0.39, 0.29) is 35.0 Å². The van der Waals surface area contributed by atoms with Gasteiger partial charge in [-0.3, -0.25) is 39.4 Å². The monoisotopic (exact) mass is 1860 g/mol. The Hall–Kier alpha value is -9.97. The van der Waals surface area contributed by atoms with Gasteiger partial charge >= 0.3 is 5.97 Å². The number of ether oxygens (including phenoxy) is 7. The minimum Gasteiger partial charge on any atom is -0.519 e. The fourth-order valence-electron chi connectivity index (χ4n) is 13.6. The molecule has 0 radical (unpaired) electrons. The molecule has 5 fully saturated rings. The van der Waals surface area contributed by atoms with Crippen molar-refractivity contribution in [3.05, 3.63) is 202 Å². The number of fused-ring (bicyclic) bond motifs is 5. The normalized spacial score (nSPS) is 15.3. The van der Waals surface area contributed by atoms with Gasteiger partial charge in [-0.1, -0.05) is 51.1 Å². The van der Waals surface area contributed by atoms with E-state index >= 15 is 0 Å². The van der Waals surface area contributed by atoms with E-state index in [4.69, 9.17) is 47.7 Å². The van der Waals surface area contributed by atoms with E-state index in [1.165, 1.54) is 38.0 Å². The summed E-state index contributed by atoms with van der Waals surface area (Å²) in [7, 11) is 6.39. The van der Waals surface area contributed by atoms with Crippen molar-refractivity contribution >= 4 is 151 Å².